The van der Waals surface area contributed by atoms with Crippen LogP contribution in [0.15, 0.2) is 0 Å². The van der Waals surface area contributed by atoms with Gasteiger partial charge in [-0.25, -0.2) is 0 Å². The number of aliphatic hydroxyl groups is 2. The third kappa shape index (κ3) is 3.74. The van der Waals surface area contributed by atoms with Gasteiger partial charge in [-0.1, -0.05) is 32.6 Å². The van der Waals surface area contributed by atoms with Crippen molar-refractivity contribution in [1.29, 1.82) is 0 Å². The Morgan fingerprint density at radius 3 is 2.00 bits per heavy atom. The molecule has 1 saturated carbocycles. The molecule has 1 fully saturated rings. The summed E-state index contributed by atoms with van der Waals surface area (Å²) in [6, 6.07) is 0.478. The van der Waals surface area contributed by atoms with Crippen molar-refractivity contribution >= 4 is 0 Å². The highest BCUT2D eigenvalue weighted by molar-refractivity contribution is 4.89. The molecule has 0 radical (unpaired) electrons. The van der Waals surface area contributed by atoms with Crippen molar-refractivity contribution in [3.63, 3.8) is 0 Å². The summed E-state index contributed by atoms with van der Waals surface area (Å²) < 4.78 is 0. The summed E-state index contributed by atoms with van der Waals surface area (Å²) in [5.74, 6) is 0. The summed E-state index contributed by atoms with van der Waals surface area (Å²) >= 11 is 0. The van der Waals surface area contributed by atoms with Gasteiger partial charge in [0.1, 0.15) is 0 Å². The summed E-state index contributed by atoms with van der Waals surface area (Å²) in [7, 11) is 0. The first kappa shape index (κ1) is 12.9. The van der Waals surface area contributed by atoms with E-state index in [1.165, 1.54) is 38.5 Å². The molecule has 0 heterocycles. The first-order valence-corrected chi connectivity index (χ1v) is 6.26. The molecule has 90 valence electrons. The molecular weight excluding hydrogens is 190 g/mol. The van der Waals surface area contributed by atoms with Crippen LogP contribution in [0.5, 0.6) is 0 Å². The molecular formula is C12H25NO2. The highest BCUT2D eigenvalue weighted by Crippen LogP contribution is 2.20. The van der Waals surface area contributed by atoms with Crippen LogP contribution in [0.25, 0.3) is 0 Å². The predicted molar refractivity (Wildman–Crippen MR) is 61.8 cm³/mol. The standard InChI is InChI=1S/C12H25NO2/c1-2-12(9-14,10-15)13-11-7-5-3-4-6-8-11/h11,13-15H,2-10H2,1H3. The Hall–Kier alpha value is -0.120. The lowest BCUT2D eigenvalue weighted by Gasteiger charge is -2.34. The summed E-state index contributed by atoms with van der Waals surface area (Å²) in [5.41, 5.74) is -0.463. The van der Waals surface area contributed by atoms with E-state index in [1.807, 2.05) is 6.92 Å². The van der Waals surface area contributed by atoms with Gasteiger partial charge in [-0.2, -0.15) is 0 Å². The molecule has 0 aromatic carbocycles. The van der Waals surface area contributed by atoms with Gasteiger partial charge in [0.15, 0.2) is 0 Å². The van der Waals surface area contributed by atoms with Crippen molar-refractivity contribution in [1.82, 2.24) is 5.32 Å². The van der Waals surface area contributed by atoms with E-state index in [0.29, 0.717) is 6.04 Å². The molecule has 1 aliphatic rings. The highest BCUT2D eigenvalue weighted by atomic mass is 16.3. The van der Waals surface area contributed by atoms with Gasteiger partial charge in [-0.05, 0) is 19.3 Å². The maximum absolute atomic E-state index is 9.35. The lowest BCUT2D eigenvalue weighted by Crippen LogP contribution is -2.55. The number of nitrogens with one attached hydrogen (secondary N) is 1. The van der Waals surface area contributed by atoms with Gasteiger partial charge in [0, 0.05) is 6.04 Å². The van der Waals surface area contributed by atoms with Gasteiger partial charge < -0.3 is 15.5 Å². The molecule has 0 amide bonds. The third-order valence-electron chi connectivity index (χ3n) is 3.65. The van der Waals surface area contributed by atoms with Crippen molar-refractivity contribution < 1.29 is 10.2 Å². The number of hydrogen-bond donors (Lipinski definition) is 3. The Morgan fingerprint density at radius 1 is 1.07 bits per heavy atom. The van der Waals surface area contributed by atoms with Crippen LogP contribution in [0, 0.1) is 0 Å². The third-order valence-corrected chi connectivity index (χ3v) is 3.65. The second-order valence-electron chi connectivity index (χ2n) is 4.78. The quantitative estimate of drug-likeness (QED) is 0.608. The number of rotatable bonds is 5. The summed E-state index contributed by atoms with van der Waals surface area (Å²) in [6.45, 7) is 2.06. The Kier molecular flexibility index (Phi) is 5.58. The van der Waals surface area contributed by atoms with Gasteiger partial charge in [-0.15, -0.1) is 0 Å². The van der Waals surface area contributed by atoms with Crippen LogP contribution in [-0.4, -0.2) is 35.0 Å². The van der Waals surface area contributed by atoms with Crippen LogP contribution in [-0.2, 0) is 0 Å². The Morgan fingerprint density at radius 2 is 1.60 bits per heavy atom. The van der Waals surface area contributed by atoms with Gasteiger partial charge in [0.2, 0.25) is 0 Å². The Labute approximate surface area is 92.9 Å². The van der Waals surface area contributed by atoms with Crippen molar-refractivity contribution in [3.05, 3.63) is 0 Å². The monoisotopic (exact) mass is 215 g/mol. The maximum atomic E-state index is 9.35. The lowest BCUT2D eigenvalue weighted by atomic mass is 9.95. The fraction of sp³-hybridized carbons (Fsp3) is 1.00. The van der Waals surface area contributed by atoms with Crippen LogP contribution in [0.1, 0.15) is 51.9 Å². The second kappa shape index (κ2) is 6.46. The summed E-state index contributed by atoms with van der Waals surface area (Å²) in [6.07, 6.45) is 8.34. The SMILES string of the molecule is CCC(CO)(CO)NC1CCCCCC1. The average molecular weight is 215 g/mol. The molecule has 3 N–H and O–H groups in total. The molecule has 0 aromatic rings. The number of hydrogen-bond acceptors (Lipinski definition) is 3. The molecule has 0 aromatic heterocycles. The zero-order chi connectivity index (χ0) is 11.1. The zero-order valence-corrected chi connectivity index (χ0v) is 9.84. The van der Waals surface area contributed by atoms with Crippen LogP contribution in [0.4, 0.5) is 0 Å². The average Bonchev–Trinajstić information content (AvgIpc) is 2.54. The molecule has 1 rings (SSSR count). The Balaban J connectivity index is 2.48. The molecule has 3 heteroatoms. The van der Waals surface area contributed by atoms with E-state index in [2.05, 4.69) is 5.32 Å². The highest BCUT2D eigenvalue weighted by Gasteiger charge is 2.29. The molecule has 3 nitrogen and oxygen atoms in total. The smallest absolute Gasteiger partial charge is 0.0647 e. The number of aliphatic hydroxyl groups excluding tert-OH is 2. The predicted octanol–water partition coefficient (Wildman–Crippen LogP) is 1.43. The minimum atomic E-state index is -0.463. The van der Waals surface area contributed by atoms with Crippen LogP contribution < -0.4 is 5.32 Å². The fourth-order valence-electron chi connectivity index (χ4n) is 2.32. The molecule has 0 saturated heterocycles. The van der Waals surface area contributed by atoms with E-state index in [0.717, 1.165) is 6.42 Å². The van der Waals surface area contributed by atoms with E-state index >= 15 is 0 Å². The van der Waals surface area contributed by atoms with Gasteiger partial charge >= 0.3 is 0 Å². The van der Waals surface area contributed by atoms with E-state index in [-0.39, 0.29) is 13.2 Å². The molecule has 0 unspecified atom stereocenters. The van der Waals surface area contributed by atoms with E-state index < -0.39 is 5.54 Å². The van der Waals surface area contributed by atoms with Crippen molar-refractivity contribution in [2.45, 2.75) is 63.5 Å². The largest absolute Gasteiger partial charge is 0.394 e. The molecule has 0 spiro atoms. The second-order valence-corrected chi connectivity index (χ2v) is 4.78. The van der Waals surface area contributed by atoms with Gasteiger partial charge in [0.25, 0.3) is 0 Å². The van der Waals surface area contributed by atoms with E-state index in [9.17, 15) is 10.2 Å². The Bertz CT molecular complexity index is 153. The molecule has 1 aliphatic carbocycles. The van der Waals surface area contributed by atoms with E-state index in [4.69, 9.17) is 0 Å². The maximum Gasteiger partial charge on any atom is 0.0647 e. The molecule has 0 bridgehead atoms. The van der Waals surface area contributed by atoms with Crippen LogP contribution in [0.3, 0.4) is 0 Å². The van der Waals surface area contributed by atoms with E-state index in [1.54, 1.807) is 0 Å². The first-order valence-electron chi connectivity index (χ1n) is 6.26. The fourth-order valence-corrected chi connectivity index (χ4v) is 2.32. The topological polar surface area (TPSA) is 52.5 Å². The van der Waals surface area contributed by atoms with Gasteiger partial charge in [-0.3, -0.25) is 0 Å². The minimum absolute atomic E-state index is 0.0243. The van der Waals surface area contributed by atoms with Crippen molar-refractivity contribution in [2.24, 2.45) is 0 Å². The molecule has 15 heavy (non-hydrogen) atoms. The van der Waals surface area contributed by atoms with Crippen molar-refractivity contribution in [2.75, 3.05) is 13.2 Å². The zero-order valence-electron chi connectivity index (χ0n) is 9.84. The molecule has 0 atom stereocenters. The summed E-state index contributed by atoms with van der Waals surface area (Å²) in [4.78, 5) is 0. The van der Waals surface area contributed by atoms with Crippen LogP contribution >= 0.6 is 0 Å². The van der Waals surface area contributed by atoms with Crippen LogP contribution in [0.2, 0.25) is 0 Å². The first-order chi connectivity index (χ1) is 7.26. The van der Waals surface area contributed by atoms with Gasteiger partial charge in [0.05, 0.1) is 18.8 Å². The summed E-state index contributed by atoms with van der Waals surface area (Å²) in [5, 5.41) is 22.2. The lowest BCUT2D eigenvalue weighted by molar-refractivity contribution is 0.0755. The molecule has 0 aliphatic heterocycles. The normalized spacial score (nSPS) is 20.2. The minimum Gasteiger partial charge on any atom is -0.394 e. The van der Waals surface area contributed by atoms with Crippen molar-refractivity contribution in [3.8, 4) is 0 Å².